The summed E-state index contributed by atoms with van der Waals surface area (Å²) in [7, 11) is 0. The SMILES string of the molecule is CCc1nc(CN2CCCC(NCc3ccsc3)C2)no1. The number of nitrogens with one attached hydrogen (secondary N) is 1. The first kappa shape index (κ1) is 14.7. The summed E-state index contributed by atoms with van der Waals surface area (Å²) < 4.78 is 5.18. The molecule has 0 aliphatic carbocycles. The molecule has 0 aromatic carbocycles. The lowest BCUT2D eigenvalue weighted by atomic mass is 10.1. The van der Waals surface area contributed by atoms with Crippen molar-refractivity contribution in [1.29, 1.82) is 0 Å². The Hall–Kier alpha value is -1.24. The standard InChI is InChI=1S/C15H22N4OS/c1-2-15-17-14(18-20-15)10-19-6-3-4-13(9-19)16-8-12-5-7-21-11-12/h5,7,11,13,16H,2-4,6,8-10H2,1H3. The van der Waals surface area contributed by atoms with Crippen LogP contribution in [-0.4, -0.2) is 34.2 Å². The second-order valence-corrected chi connectivity index (χ2v) is 6.32. The van der Waals surface area contributed by atoms with Crippen LogP contribution < -0.4 is 5.32 Å². The van der Waals surface area contributed by atoms with Crippen LogP contribution in [-0.2, 0) is 19.5 Å². The fourth-order valence-corrected chi connectivity index (χ4v) is 3.39. The van der Waals surface area contributed by atoms with Crippen molar-refractivity contribution in [3.8, 4) is 0 Å². The quantitative estimate of drug-likeness (QED) is 0.888. The normalized spacial score (nSPS) is 20.0. The molecule has 21 heavy (non-hydrogen) atoms. The molecule has 2 aromatic heterocycles. The molecule has 1 unspecified atom stereocenters. The monoisotopic (exact) mass is 306 g/mol. The average molecular weight is 306 g/mol. The van der Waals surface area contributed by atoms with Crippen molar-refractivity contribution in [2.75, 3.05) is 13.1 Å². The van der Waals surface area contributed by atoms with E-state index in [2.05, 4.69) is 37.2 Å². The summed E-state index contributed by atoms with van der Waals surface area (Å²) in [4.78, 5) is 6.81. The highest BCUT2D eigenvalue weighted by molar-refractivity contribution is 7.07. The number of aryl methyl sites for hydroxylation is 1. The first-order chi connectivity index (χ1) is 10.3. The van der Waals surface area contributed by atoms with E-state index in [9.17, 15) is 0 Å². The van der Waals surface area contributed by atoms with Gasteiger partial charge in [-0.15, -0.1) is 0 Å². The van der Waals surface area contributed by atoms with Crippen molar-refractivity contribution in [3.63, 3.8) is 0 Å². The summed E-state index contributed by atoms with van der Waals surface area (Å²) in [6.45, 7) is 5.96. The first-order valence-electron chi connectivity index (χ1n) is 7.61. The maximum atomic E-state index is 5.18. The van der Waals surface area contributed by atoms with Gasteiger partial charge in [-0.2, -0.15) is 16.3 Å². The molecule has 114 valence electrons. The van der Waals surface area contributed by atoms with E-state index in [1.165, 1.54) is 18.4 Å². The second-order valence-electron chi connectivity index (χ2n) is 5.54. The number of likely N-dealkylation sites (tertiary alicyclic amines) is 1. The number of nitrogens with zero attached hydrogens (tertiary/aromatic N) is 3. The molecule has 0 radical (unpaired) electrons. The van der Waals surface area contributed by atoms with E-state index in [0.717, 1.165) is 44.3 Å². The van der Waals surface area contributed by atoms with Gasteiger partial charge in [-0.1, -0.05) is 12.1 Å². The summed E-state index contributed by atoms with van der Waals surface area (Å²) in [5.41, 5.74) is 1.38. The molecule has 0 saturated carbocycles. The molecule has 0 amide bonds. The molecule has 0 bridgehead atoms. The van der Waals surface area contributed by atoms with Crippen LogP contribution in [0.25, 0.3) is 0 Å². The maximum absolute atomic E-state index is 5.18. The summed E-state index contributed by atoms with van der Waals surface area (Å²) in [6, 6.07) is 2.74. The van der Waals surface area contributed by atoms with Crippen LogP contribution in [0.1, 0.15) is 37.0 Å². The largest absolute Gasteiger partial charge is 0.339 e. The van der Waals surface area contributed by atoms with Crippen LogP contribution in [0.15, 0.2) is 21.3 Å². The van der Waals surface area contributed by atoms with E-state index < -0.39 is 0 Å². The van der Waals surface area contributed by atoms with Gasteiger partial charge in [0.1, 0.15) is 0 Å². The Bertz CT molecular complexity index is 540. The molecular formula is C15H22N4OS. The number of thiophene rings is 1. The van der Waals surface area contributed by atoms with Crippen molar-refractivity contribution in [1.82, 2.24) is 20.4 Å². The van der Waals surface area contributed by atoms with Gasteiger partial charge in [-0.05, 0) is 41.8 Å². The predicted octanol–water partition coefficient (Wildman–Crippen LogP) is 2.45. The Morgan fingerprint density at radius 2 is 2.48 bits per heavy atom. The van der Waals surface area contributed by atoms with Gasteiger partial charge in [-0.3, -0.25) is 4.90 Å². The average Bonchev–Trinajstić information content (AvgIpc) is 3.17. The number of piperidine rings is 1. The van der Waals surface area contributed by atoms with E-state index in [0.29, 0.717) is 6.04 Å². The van der Waals surface area contributed by atoms with Crippen LogP contribution in [0.3, 0.4) is 0 Å². The second kappa shape index (κ2) is 7.15. The lowest BCUT2D eigenvalue weighted by Gasteiger charge is -2.32. The predicted molar refractivity (Wildman–Crippen MR) is 83.1 cm³/mol. The molecule has 1 atom stereocenters. The van der Waals surface area contributed by atoms with Crippen molar-refractivity contribution in [2.24, 2.45) is 0 Å². The smallest absolute Gasteiger partial charge is 0.226 e. The molecule has 1 N–H and O–H groups in total. The third-order valence-corrected chi connectivity index (χ3v) is 4.59. The minimum atomic E-state index is 0.552. The zero-order valence-electron chi connectivity index (χ0n) is 12.4. The van der Waals surface area contributed by atoms with Gasteiger partial charge in [0.05, 0.1) is 6.54 Å². The Morgan fingerprint density at radius 1 is 1.52 bits per heavy atom. The van der Waals surface area contributed by atoms with Crippen LogP contribution in [0, 0.1) is 0 Å². The lowest BCUT2D eigenvalue weighted by molar-refractivity contribution is 0.177. The van der Waals surface area contributed by atoms with E-state index in [1.54, 1.807) is 11.3 Å². The number of hydrogen-bond acceptors (Lipinski definition) is 6. The summed E-state index contributed by atoms with van der Waals surface area (Å²) >= 11 is 1.76. The molecule has 1 fully saturated rings. The van der Waals surface area contributed by atoms with Crippen molar-refractivity contribution in [2.45, 2.75) is 45.3 Å². The number of rotatable bonds is 6. The highest BCUT2D eigenvalue weighted by Gasteiger charge is 2.21. The molecule has 2 aromatic rings. The minimum Gasteiger partial charge on any atom is -0.339 e. The van der Waals surface area contributed by atoms with Gasteiger partial charge in [0.2, 0.25) is 5.89 Å². The summed E-state index contributed by atoms with van der Waals surface area (Å²) in [5, 5.41) is 12.0. The topological polar surface area (TPSA) is 54.2 Å². The van der Waals surface area contributed by atoms with Crippen LogP contribution in [0.2, 0.25) is 0 Å². The Labute approximate surface area is 129 Å². The molecule has 6 heteroatoms. The minimum absolute atomic E-state index is 0.552. The number of aromatic nitrogens is 2. The Kier molecular flexibility index (Phi) is 5.00. The Morgan fingerprint density at radius 3 is 3.24 bits per heavy atom. The molecule has 3 rings (SSSR count). The van der Waals surface area contributed by atoms with Gasteiger partial charge >= 0.3 is 0 Å². The van der Waals surface area contributed by atoms with Crippen molar-refractivity contribution in [3.05, 3.63) is 34.1 Å². The van der Waals surface area contributed by atoms with Gasteiger partial charge in [0.15, 0.2) is 5.82 Å². The molecule has 1 aliphatic rings. The highest BCUT2D eigenvalue weighted by atomic mass is 32.1. The fourth-order valence-electron chi connectivity index (χ4n) is 2.72. The van der Waals surface area contributed by atoms with Crippen molar-refractivity contribution >= 4 is 11.3 Å². The maximum Gasteiger partial charge on any atom is 0.226 e. The van der Waals surface area contributed by atoms with Crippen LogP contribution >= 0.6 is 11.3 Å². The molecule has 1 aliphatic heterocycles. The van der Waals surface area contributed by atoms with Gasteiger partial charge in [-0.25, -0.2) is 0 Å². The number of hydrogen-bond donors (Lipinski definition) is 1. The van der Waals surface area contributed by atoms with Gasteiger partial charge < -0.3 is 9.84 Å². The van der Waals surface area contributed by atoms with Gasteiger partial charge in [0, 0.05) is 25.6 Å². The van der Waals surface area contributed by atoms with Crippen molar-refractivity contribution < 1.29 is 4.52 Å². The highest BCUT2D eigenvalue weighted by Crippen LogP contribution is 2.14. The molecule has 3 heterocycles. The first-order valence-corrected chi connectivity index (χ1v) is 8.56. The van der Waals surface area contributed by atoms with Crippen LogP contribution in [0.5, 0.6) is 0 Å². The molecule has 0 spiro atoms. The molecular weight excluding hydrogens is 284 g/mol. The third-order valence-electron chi connectivity index (χ3n) is 3.86. The fraction of sp³-hybridized carbons (Fsp3) is 0.600. The van der Waals surface area contributed by atoms with E-state index in [4.69, 9.17) is 4.52 Å². The zero-order chi connectivity index (χ0) is 14.5. The lowest BCUT2D eigenvalue weighted by Crippen LogP contribution is -2.45. The molecule has 5 nitrogen and oxygen atoms in total. The van der Waals surface area contributed by atoms with E-state index in [1.807, 2.05) is 6.92 Å². The van der Waals surface area contributed by atoms with E-state index in [-0.39, 0.29) is 0 Å². The summed E-state index contributed by atoms with van der Waals surface area (Å²) in [5.74, 6) is 1.54. The molecule has 1 saturated heterocycles. The van der Waals surface area contributed by atoms with Crippen LogP contribution in [0.4, 0.5) is 0 Å². The Balaban J connectivity index is 1.48. The summed E-state index contributed by atoms with van der Waals surface area (Å²) in [6.07, 6.45) is 3.27. The van der Waals surface area contributed by atoms with Gasteiger partial charge in [0.25, 0.3) is 0 Å². The zero-order valence-corrected chi connectivity index (χ0v) is 13.2. The van der Waals surface area contributed by atoms with E-state index >= 15 is 0 Å². The third kappa shape index (κ3) is 4.12.